The number of ether oxygens (including phenoxy) is 1. The number of piperidine rings is 1. The molecule has 3 nitrogen and oxygen atoms in total. The Balaban J connectivity index is 2.05. The summed E-state index contributed by atoms with van der Waals surface area (Å²) in [5.74, 6) is 0.213. The van der Waals surface area contributed by atoms with Crippen molar-refractivity contribution in [2.45, 2.75) is 51.6 Å². The van der Waals surface area contributed by atoms with Crippen LogP contribution < -0.4 is 5.32 Å². The lowest BCUT2D eigenvalue weighted by atomic mass is 9.68. The van der Waals surface area contributed by atoms with Gasteiger partial charge in [0.2, 0.25) is 5.91 Å². The molecule has 0 saturated carbocycles. The van der Waals surface area contributed by atoms with Crippen molar-refractivity contribution in [3.05, 3.63) is 0 Å². The van der Waals surface area contributed by atoms with Crippen molar-refractivity contribution in [1.29, 1.82) is 0 Å². The molecule has 2 aliphatic heterocycles. The molecule has 2 unspecified atom stereocenters. The molecule has 0 aromatic heterocycles. The van der Waals surface area contributed by atoms with Gasteiger partial charge in [-0.25, -0.2) is 0 Å². The minimum absolute atomic E-state index is 0.0281. The summed E-state index contributed by atoms with van der Waals surface area (Å²) in [6, 6.07) is 0. The van der Waals surface area contributed by atoms with Crippen molar-refractivity contribution in [3.63, 3.8) is 0 Å². The number of carbonyl (C=O) groups is 1. The Bertz CT molecular complexity index is 254. The molecule has 86 valence electrons. The van der Waals surface area contributed by atoms with Gasteiger partial charge in [0, 0.05) is 19.6 Å². The van der Waals surface area contributed by atoms with E-state index >= 15 is 0 Å². The summed E-state index contributed by atoms with van der Waals surface area (Å²) < 4.78 is 5.86. The first-order chi connectivity index (χ1) is 7.08. The third-order valence-electron chi connectivity index (χ3n) is 4.12. The largest absolute Gasteiger partial charge is 0.375 e. The molecule has 2 aliphatic rings. The van der Waals surface area contributed by atoms with E-state index in [9.17, 15) is 4.79 Å². The fourth-order valence-corrected chi connectivity index (χ4v) is 2.88. The summed E-state index contributed by atoms with van der Waals surface area (Å²) in [5, 5.41) is 3.01. The number of rotatable bonds is 1. The molecule has 1 N–H and O–H groups in total. The maximum atomic E-state index is 11.2. The Morgan fingerprint density at radius 1 is 1.47 bits per heavy atom. The number of nitrogens with one attached hydrogen (secondary N) is 1. The normalized spacial score (nSPS) is 41.6. The zero-order valence-corrected chi connectivity index (χ0v) is 9.77. The third kappa shape index (κ3) is 2.17. The first-order valence-corrected chi connectivity index (χ1v) is 5.98. The SMILES string of the molecule is CCC1(C)CC2(CCO1)CCC(=O)NC2. The molecule has 0 aliphatic carbocycles. The number of hydrogen-bond donors (Lipinski definition) is 1. The van der Waals surface area contributed by atoms with Crippen molar-refractivity contribution in [1.82, 2.24) is 5.32 Å². The molecule has 0 bridgehead atoms. The second-order valence-electron chi connectivity index (χ2n) is 5.36. The van der Waals surface area contributed by atoms with Crippen molar-refractivity contribution < 1.29 is 9.53 Å². The van der Waals surface area contributed by atoms with Crippen LogP contribution in [0.1, 0.15) is 46.0 Å². The van der Waals surface area contributed by atoms with Gasteiger partial charge in [0.15, 0.2) is 0 Å². The summed E-state index contributed by atoms with van der Waals surface area (Å²) in [4.78, 5) is 11.2. The van der Waals surface area contributed by atoms with E-state index < -0.39 is 0 Å². The molecular weight excluding hydrogens is 190 g/mol. The average molecular weight is 211 g/mol. The van der Waals surface area contributed by atoms with Crippen LogP contribution >= 0.6 is 0 Å². The second-order valence-corrected chi connectivity index (χ2v) is 5.36. The molecule has 1 spiro atoms. The Morgan fingerprint density at radius 2 is 2.27 bits per heavy atom. The molecule has 15 heavy (non-hydrogen) atoms. The molecular formula is C12H21NO2. The van der Waals surface area contributed by atoms with Gasteiger partial charge in [-0.05, 0) is 38.0 Å². The maximum Gasteiger partial charge on any atom is 0.220 e. The van der Waals surface area contributed by atoms with E-state index in [1.807, 2.05) is 0 Å². The standard InChI is InChI=1S/C12H21NO2/c1-3-11(2)8-12(6-7-15-11)5-4-10(14)13-9-12/h3-9H2,1-2H3,(H,13,14). The number of carbonyl (C=O) groups excluding carboxylic acids is 1. The van der Waals surface area contributed by atoms with E-state index in [0.717, 1.165) is 38.8 Å². The van der Waals surface area contributed by atoms with Crippen molar-refractivity contribution in [2.24, 2.45) is 5.41 Å². The fraction of sp³-hybridized carbons (Fsp3) is 0.917. The topological polar surface area (TPSA) is 38.3 Å². The predicted octanol–water partition coefficient (Wildman–Crippen LogP) is 1.86. The molecule has 3 heteroatoms. The van der Waals surface area contributed by atoms with Crippen LogP contribution in [0.3, 0.4) is 0 Å². The summed E-state index contributed by atoms with van der Waals surface area (Å²) >= 11 is 0. The Hall–Kier alpha value is -0.570. The van der Waals surface area contributed by atoms with Crippen LogP contribution in [0, 0.1) is 5.41 Å². The quantitative estimate of drug-likeness (QED) is 0.719. The predicted molar refractivity (Wildman–Crippen MR) is 58.6 cm³/mol. The van der Waals surface area contributed by atoms with Gasteiger partial charge in [-0.1, -0.05) is 6.92 Å². The van der Waals surface area contributed by atoms with Gasteiger partial charge in [0.05, 0.1) is 5.60 Å². The van der Waals surface area contributed by atoms with Crippen molar-refractivity contribution in [3.8, 4) is 0 Å². The highest BCUT2D eigenvalue weighted by molar-refractivity contribution is 5.76. The Morgan fingerprint density at radius 3 is 2.87 bits per heavy atom. The summed E-state index contributed by atoms with van der Waals surface area (Å²) in [5.41, 5.74) is 0.344. The smallest absolute Gasteiger partial charge is 0.220 e. The van der Waals surface area contributed by atoms with Crippen LogP contribution in [0.2, 0.25) is 0 Å². The Labute approximate surface area is 91.6 Å². The van der Waals surface area contributed by atoms with Gasteiger partial charge in [0.25, 0.3) is 0 Å². The van der Waals surface area contributed by atoms with E-state index in [1.165, 1.54) is 0 Å². The van der Waals surface area contributed by atoms with Crippen LogP contribution in [-0.2, 0) is 9.53 Å². The van der Waals surface area contributed by atoms with Crippen LogP contribution in [-0.4, -0.2) is 24.7 Å². The monoisotopic (exact) mass is 211 g/mol. The van der Waals surface area contributed by atoms with Crippen molar-refractivity contribution >= 4 is 5.91 Å². The molecule has 2 heterocycles. The lowest BCUT2D eigenvalue weighted by molar-refractivity contribution is -0.138. The highest BCUT2D eigenvalue weighted by Crippen LogP contribution is 2.44. The minimum Gasteiger partial charge on any atom is -0.375 e. The summed E-state index contributed by atoms with van der Waals surface area (Å²) in [6.45, 7) is 6.08. The van der Waals surface area contributed by atoms with Crippen LogP contribution in [0.4, 0.5) is 0 Å². The summed E-state index contributed by atoms with van der Waals surface area (Å²) in [6.07, 6.45) is 4.99. The summed E-state index contributed by atoms with van der Waals surface area (Å²) in [7, 11) is 0. The van der Waals surface area contributed by atoms with E-state index in [-0.39, 0.29) is 11.5 Å². The molecule has 0 aromatic carbocycles. The molecule has 1 amide bonds. The molecule has 0 aromatic rings. The van der Waals surface area contributed by atoms with Gasteiger partial charge in [-0.2, -0.15) is 0 Å². The van der Waals surface area contributed by atoms with Crippen molar-refractivity contribution in [2.75, 3.05) is 13.2 Å². The lowest BCUT2D eigenvalue weighted by Crippen LogP contribution is -2.51. The van der Waals surface area contributed by atoms with Crippen LogP contribution in [0.5, 0.6) is 0 Å². The highest BCUT2D eigenvalue weighted by Gasteiger charge is 2.43. The third-order valence-corrected chi connectivity index (χ3v) is 4.12. The van der Waals surface area contributed by atoms with Crippen LogP contribution in [0.25, 0.3) is 0 Å². The van der Waals surface area contributed by atoms with E-state index in [2.05, 4.69) is 19.2 Å². The molecule has 2 fully saturated rings. The van der Waals surface area contributed by atoms with E-state index in [4.69, 9.17) is 4.74 Å². The highest BCUT2D eigenvalue weighted by atomic mass is 16.5. The van der Waals surface area contributed by atoms with Gasteiger partial charge in [-0.15, -0.1) is 0 Å². The van der Waals surface area contributed by atoms with Gasteiger partial charge >= 0.3 is 0 Å². The Kier molecular flexibility index (Phi) is 2.75. The second kappa shape index (κ2) is 3.78. The molecule has 2 rings (SSSR count). The zero-order valence-electron chi connectivity index (χ0n) is 9.77. The molecule has 2 atom stereocenters. The first-order valence-electron chi connectivity index (χ1n) is 5.98. The van der Waals surface area contributed by atoms with Gasteiger partial charge in [-0.3, -0.25) is 4.79 Å². The minimum atomic E-state index is 0.0281. The van der Waals surface area contributed by atoms with Gasteiger partial charge in [0.1, 0.15) is 0 Å². The average Bonchev–Trinajstić information content (AvgIpc) is 2.23. The lowest BCUT2D eigenvalue weighted by Gasteiger charge is -2.48. The number of amides is 1. The fourth-order valence-electron chi connectivity index (χ4n) is 2.88. The van der Waals surface area contributed by atoms with Gasteiger partial charge < -0.3 is 10.1 Å². The van der Waals surface area contributed by atoms with E-state index in [1.54, 1.807) is 0 Å². The van der Waals surface area contributed by atoms with E-state index in [0.29, 0.717) is 11.8 Å². The molecule has 2 saturated heterocycles. The number of hydrogen-bond acceptors (Lipinski definition) is 2. The van der Waals surface area contributed by atoms with Crippen LogP contribution in [0.15, 0.2) is 0 Å². The molecule has 0 radical (unpaired) electrons. The zero-order chi connectivity index (χ0) is 10.9. The maximum absolute atomic E-state index is 11.2. The first kappa shape index (κ1) is 10.9.